The molecule has 1 unspecified atom stereocenters. The topological polar surface area (TPSA) is 49.6 Å². The van der Waals surface area contributed by atoms with Gasteiger partial charge in [0.15, 0.2) is 5.69 Å². The molecule has 24 heavy (non-hydrogen) atoms. The van der Waals surface area contributed by atoms with Crippen LogP contribution in [0.15, 0.2) is 40.9 Å². The van der Waals surface area contributed by atoms with Gasteiger partial charge < -0.3 is 9.42 Å². The van der Waals surface area contributed by atoms with Crippen molar-refractivity contribution in [3.63, 3.8) is 0 Å². The maximum atomic E-state index is 12.6. The molecule has 3 rings (SSSR count). The average Bonchev–Trinajstić information content (AvgIpc) is 3.24. The minimum Gasteiger partial charge on any atom is -0.360 e. The van der Waals surface area contributed by atoms with Gasteiger partial charge >= 0.3 is 0 Å². The molecule has 0 saturated carbocycles. The molecule has 0 aliphatic carbocycles. The summed E-state index contributed by atoms with van der Waals surface area (Å²) >= 11 is 0. The Balaban J connectivity index is 1.59. The summed E-state index contributed by atoms with van der Waals surface area (Å²) in [5, 5.41) is 3.94. The fourth-order valence-electron chi connectivity index (χ4n) is 3.12. The number of carbonyl (C=O) groups is 1. The Bertz CT molecular complexity index is 681. The number of rotatable bonds is 5. The summed E-state index contributed by atoms with van der Waals surface area (Å²) in [4.78, 5) is 16.8. The molecular weight excluding hydrogens is 302 g/mol. The van der Waals surface area contributed by atoms with E-state index in [1.54, 1.807) is 6.07 Å². The van der Waals surface area contributed by atoms with E-state index in [1.165, 1.54) is 5.56 Å². The zero-order chi connectivity index (χ0) is 17.1. The lowest BCUT2D eigenvalue weighted by molar-refractivity contribution is 0.0724. The van der Waals surface area contributed by atoms with E-state index in [4.69, 9.17) is 4.52 Å². The Morgan fingerprint density at radius 1 is 1.38 bits per heavy atom. The third kappa shape index (κ3) is 3.67. The van der Waals surface area contributed by atoms with Gasteiger partial charge in [-0.25, -0.2) is 0 Å². The lowest BCUT2D eigenvalue weighted by atomic mass is 10.1. The second-order valence-corrected chi connectivity index (χ2v) is 6.85. The van der Waals surface area contributed by atoms with Gasteiger partial charge in [-0.05, 0) is 12.0 Å². The molecular formula is C19H25N3O2. The highest BCUT2D eigenvalue weighted by atomic mass is 16.5. The van der Waals surface area contributed by atoms with Crippen LogP contribution in [-0.2, 0) is 6.54 Å². The first-order valence-corrected chi connectivity index (χ1v) is 8.54. The number of hydrogen-bond acceptors (Lipinski definition) is 4. The molecule has 128 valence electrons. The van der Waals surface area contributed by atoms with E-state index in [2.05, 4.69) is 34.3 Å². The highest BCUT2D eigenvalue weighted by Gasteiger charge is 2.30. The predicted octanol–water partition coefficient (Wildman–Crippen LogP) is 3.14. The number of benzene rings is 1. The van der Waals surface area contributed by atoms with Crippen molar-refractivity contribution in [3.8, 4) is 0 Å². The third-order valence-electron chi connectivity index (χ3n) is 4.68. The molecule has 1 atom stereocenters. The predicted molar refractivity (Wildman–Crippen MR) is 92.8 cm³/mol. The second kappa shape index (κ2) is 7.18. The highest BCUT2D eigenvalue weighted by molar-refractivity contribution is 5.92. The molecule has 2 aromatic rings. The molecule has 1 aliphatic heterocycles. The van der Waals surface area contributed by atoms with Crippen molar-refractivity contribution in [2.45, 2.75) is 38.8 Å². The summed E-state index contributed by atoms with van der Waals surface area (Å²) in [5.41, 5.74) is 1.72. The van der Waals surface area contributed by atoms with Crippen LogP contribution in [-0.4, -0.2) is 47.0 Å². The van der Waals surface area contributed by atoms with Gasteiger partial charge in [-0.15, -0.1) is 0 Å². The van der Waals surface area contributed by atoms with Crippen LogP contribution in [0.3, 0.4) is 0 Å². The van der Waals surface area contributed by atoms with Crippen molar-refractivity contribution in [2.75, 3.05) is 20.1 Å². The molecule has 5 nitrogen and oxygen atoms in total. The summed E-state index contributed by atoms with van der Waals surface area (Å²) in [6, 6.07) is 12.4. The second-order valence-electron chi connectivity index (χ2n) is 6.85. The fraction of sp³-hybridized carbons (Fsp3) is 0.474. The van der Waals surface area contributed by atoms with Crippen LogP contribution in [0.4, 0.5) is 0 Å². The van der Waals surface area contributed by atoms with Gasteiger partial charge in [-0.1, -0.05) is 49.3 Å². The van der Waals surface area contributed by atoms with Crippen molar-refractivity contribution < 1.29 is 9.32 Å². The van der Waals surface area contributed by atoms with E-state index < -0.39 is 0 Å². The van der Waals surface area contributed by atoms with Crippen LogP contribution < -0.4 is 0 Å². The SMILES string of the molecule is CC(C)c1cc(C(=O)N(C)C2CCN(Cc3ccccc3)C2)no1. The molecule has 1 saturated heterocycles. The molecule has 1 aromatic carbocycles. The highest BCUT2D eigenvalue weighted by Crippen LogP contribution is 2.20. The molecule has 0 bridgehead atoms. The normalized spacial score (nSPS) is 18.2. The smallest absolute Gasteiger partial charge is 0.276 e. The van der Waals surface area contributed by atoms with Crippen molar-refractivity contribution in [3.05, 3.63) is 53.4 Å². The number of likely N-dealkylation sites (tertiary alicyclic amines) is 1. The Hall–Kier alpha value is -2.14. The van der Waals surface area contributed by atoms with Gasteiger partial charge in [0.05, 0.1) is 0 Å². The Morgan fingerprint density at radius 3 is 2.79 bits per heavy atom. The number of nitrogens with zero attached hydrogens (tertiary/aromatic N) is 3. The Kier molecular flexibility index (Phi) is 5.00. The van der Waals surface area contributed by atoms with E-state index in [-0.39, 0.29) is 17.9 Å². The Labute approximate surface area is 143 Å². The standard InChI is InChI=1S/C19H25N3O2/c1-14(2)18-11-17(20-24-18)19(23)21(3)16-9-10-22(13-16)12-15-7-5-4-6-8-15/h4-8,11,14,16H,9-10,12-13H2,1-3H3. The van der Waals surface area contributed by atoms with Crippen LogP contribution in [0.1, 0.15) is 48.0 Å². The first-order chi connectivity index (χ1) is 11.5. The summed E-state index contributed by atoms with van der Waals surface area (Å²) in [7, 11) is 1.86. The number of likely N-dealkylation sites (N-methyl/N-ethyl adjacent to an activating group) is 1. The number of hydrogen-bond donors (Lipinski definition) is 0. The molecule has 1 aliphatic rings. The lowest BCUT2D eigenvalue weighted by Crippen LogP contribution is -2.39. The van der Waals surface area contributed by atoms with Crippen LogP contribution in [0, 0.1) is 0 Å². The molecule has 1 aromatic heterocycles. The van der Waals surface area contributed by atoms with E-state index >= 15 is 0 Å². The molecule has 0 spiro atoms. The van der Waals surface area contributed by atoms with Crippen LogP contribution in [0.5, 0.6) is 0 Å². The van der Waals surface area contributed by atoms with Crippen molar-refractivity contribution in [2.24, 2.45) is 0 Å². The molecule has 0 N–H and O–H groups in total. The monoisotopic (exact) mass is 327 g/mol. The van der Waals surface area contributed by atoms with Crippen LogP contribution in [0.2, 0.25) is 0 Å². The maximum absolute atomic E-state index is 12.6. The molecule has 1 fully saturated rings. The average molecular weight is 327 g/mol. The number of amides is 1. The first-order valence-electron chi connectivity index (χ1n) is 8.54. The third-order valence-corrected chi connectivity index (χ3v) is 4.68. The van der Waals surface area contributed by atoms with Gasteiger partial charge in [0.1, 0.15) is 5.76 Å². The Morgan fingerprint density at radius 2 is 2.12 bits per heavy atom. The van der Waals surface area contributed by atoms with Crippen molar-refractivity contribution >= 4 is 5.91 Å². The van der Waals surface area contributed by atoms with E-state index in [0.717, 1.165) is 31.8 Å². The van der Waals surface area contributed by atoms with Crippen LogP contribution >= 0.6 is 0 Å². The van der Waals surface area contributed by atoms with E-state index in [9.17, 15) is 4.79 Å². The maximum Gasteiger partial charge on any atom is 0.276 e. The van der Waals surface area contributed by atoms with Gasteiger partial charge in [0, 0.05) is 44.7 Å². The minimum absolute atomic E-state index is 0.0581. The molecule has 2 heterocycles. The quantitative estimate of drug-likeness (QED) is 0.846. The van der Waals surface area contributed by atoms with Gasteiger partial charge in [0.2, 0.25) is 0 Å². The van der Waals surface area contributed by atoms with Gasteiger partial charge in [-0.2, -0.15) is 0 Å². The summed E-state index contributed by atoms with van der Waals surface area (Å²) in [6.07, 6.45) is 0.990. The van der Waals surface area contributed by atoms with Gasteiger partial charge in [0.25, 0.3) is 5.91 Å². The summed E-state index contributed by atoms with van der Waals surface area (Å²) < 4.78 is 5.25. The van der Waals surface area contributed by atoms with Crippen LogP contribution in [0.25, 0.3) is 0 Å². The fourth-order valence-corrected chi connectivity index (χ4v) is 3.12. The summed E-state index contributed by atoms with van der Waals surface area (Å²) in [6.45, 7) is 6.88. The molecule has 1 amide bonds. The lowest BCUT2D eigenvalue weighted by Gasteiger charge is -2.24. The summed E-state index contributed by atoms with van der Waals surface area (Å²) in [5.74, 6) is 0.929. The molecule has 0 radical (unpaired) electrons. The minimum atomic E-state index is -0.0581. The largest absolute Gasteiger partial charge is 0.360 e. The van der Waals surface area contributed by atoms with E-state index in [0.29, 0.717) is 5.69 Å². The number of carbonyl (C=O) groups excluding carboxylic acids is 1. The van der Waals surface area contributed by atoms with E-state index in [1.807, 2.05) is 31.9 Å². The van der Waals surface area contributed by atoms with Gasteiger partial charge in [-0.3, -0.25) is 9.69 Å². The first kappa shape index (κ1) is 16.7. The molecule has 5 heteroatoms. The zero-order valence-corrected chi connectivity index (χ0v) is 14.6. The van der Waals surface area contributed by atoms with Crippen molar-refractivity contribution in [1.29, 1.82) is 0 Å². The van der Waals surface area contributed by atoms with Crippen molar-refractivity contribution in [1.82, 2.24) is 15.0 Å². The number of aromatic nitrogens is 1. The zero-order valence-electron chi connectivity index (χ0n) is 14.6.